The molecule has 3 heterocycles. The first-order chi connectivity index (χ1) is 20.6. The van der Waals surface area contributed by atoms with Crippen LogP contribution in [0, 0.1) is 11.3 Å². The van der Waals surface area contributed by atoms with Gasteiger partial charge in [-0.05, 0) is 48.4 Å². The third kappa shape index (κ3) is 7.60. The average molecular weight is 593 g/mol. The highest BCUT2D eigenvalue weighted by atomic mass is 16.6. The minimum Gasteiger partial charge on any atom is -0.486 e. The third-order valence-electron chi connectivity index (χ3n) is 8.87. The smallest absolute Gasteiger partial charge is 0.404 e. The lowest BCUT2D eigenvalue weighted by molar-refractivity contribution is -0.139. The Kier molecular flexibility index (Phi) is 9.44. The number of morpholine rings is 1. The van der Waals surface area contributed by atoms with Crippen molar-refractivity contribution in [3.8, 4) is 5.75 Å². The summed E-state index contributed by atoms with van der Waals surface area (Å²) in [7, 11) is 0. The molecule has 3 fully saturated rings. The molecule has 0 bridgehead atoms. The number of nitrogens with one attached hydrogen (secondary N) is 1. The largest absolute Gasteiger partial charge is 0.486 e. The van der Waals surface area contributed by atoms with E-state index in [0.717, 1.165) is 24.8 Å². The van der Waals surface area contributed by atoms with Crippen molar-refractivity contribution in [2.75, 3.05) is 39.4 Å². The van der Waals surface area contributed by atoms with Crippen LogP contribution in [0.25, 0.3) is 0 Å². The molecule has 232 valence electrons. The summed E-state index contributed by atoms with van der Waals surface area (Å²) in [5, 5.41) is 2.99. The quantitative estimate of drug-likeness (QED) is 0.499. The number of urea groups is 1. The van der Waals surface area contributed by atoms with E-state index in [4.69, 9.17) is 19.9 Å². The van der Waals surface area contributed by atoms with E-state index in [-0.39, 0.29) is 54.7 Å². The van der Waals surface area contributed by atoms with Crippen LogP contribution in [-0.2, 0) is 14.3 Å². The normalized spacial score (nSPS) is 22.6. The topological polar surface area (TPSA) is 123 Å². The lowest BCUT2D eigenvalue weighted by Crippen LogP contribution is -2.62. The zero-order valence-electron chi connectivity index (χ0n) is 25.4. The maximum absolute atomic E-state index is 13.5. The number of benzene rings is 2. The maximum Gasteiger partial charge on any atom is 0.404 e. The van der Waals surface area contributed by atoms with E-state index in [1.165, 1.54) is 5.56 Å². The summed E-state index contributed by atoms with van der Waals surface area (Å²) in [4.78, 5) is 40.4. The van der Waals surface area contributed by atoms with Gasteiger partial charge in [-0.15, -0.1) is 0 Å². The summed E-state index contributed by atoms with van der Waals surface area (Å²) in [6.45, 7) is 8.74. The molecule has 0 saturated carbocycles. The molecule has 5 rings (SSSR count). The van der Waals surface area contributed by atoms with Gasteiger partial charge in [-0.2, -0.15) is 0 Å². The van der Waals surface area contributed by atoms with Gasteiger partial charge in [-0.3, -0.25) is 4.79 Å². The second-order valence-electron chi connectivity index (χ2n) is 12.9. The second-order valence-corrected chi connectivity index (χ2v) is 12.9. The molecule has 43 heavy (non-hydrogen) atoms. The van der Waals surface area contributed by atoms with Gasteiger partial charge >= 0.3 is 12.1 Å². The average Bonchev–Trinajstić information content (AvgIpc) is 2.99. The Labute approximate surface area is 253 Å². The number of rotatable bonds is 7. The zero-order chi connectivity index (χ0) is 30.6. The van der Waals surface area contributed by atoms with Crippen molar-refractivity contribution in [1.82, 2.24) is 15.1 Å². The van der Waals surface area contributed by atoms with Gasteiger partial charge in [-0.1, -0.05) is 63.2 Å². The molecular formula is C33H44N4O6. The molecule has 4 atom stereocenters. The minimum absolute atomic E-state index is 0.0202. The fraction of sp³-hybridized carbons (Fsp3) is 0.545. The molecule has 3 aliphatic rings. The van der Waals surface area contributed by atoms with Crippen LogP contribution in [0.2, 0.25) is 0 Å². The number of hydrogen-bond acceptors (Lipinski definition) is 6. The molecule has 0 aromatic heterocycles. The van der Waals surface area contributed by atoms with E-state index < -0.39 is 6.09 Å². The van der Waals surface area contributed by atoms with Crippen LogP contribution in [0.5, 0.6) is 5.75 Å². The lowest BCUT2D eigenvalue weighted by atomic mass is 9.76. The standard InChI is InChI=1S/C33H44N4O6/c1-33(2,3)28(20-42-31(34)39)43-25-11-7-10-24(18-25)30(22-8-5-4-6-9-22)23-12-15-36(16-13-23)32(40)37-17-14-27-26(19-37)35-29(38)21-41-27/h4-11,18,23,26-28,30H,12-17,19-21H2,1-3H3,(H2,34,39)(H,35,38)/t26-,27+,28?,30?/m1/s1. The van der Waals surface area contributed by atoms with E-state index in [1.807, 2.05) is 48.8 Å². The molecule has 3 saturated heterocycles. The number of nitrogens with two attached hydrogens (primary N) is 1. The number of carbonyl (C=O) groups excluding carboxylic acids is 3. The molecule has 4 amide bonds. The van der Waals surface area contributed by atoms with E-state index in [1.54, 1.807) is 0 Å². The molecule has 10 heteroatoms. The third-order valence-corrected chi connectivity index (χ3v) is 8.87. The van der Waals surface area contributed by atoms with Crippen LogP contribution in [0.4, 0.5) is 9.59 Å². The molecule has 0 radical (unpaired) electrons. The van der Waals surface area contributed by atoms with Crippen molar-refractivity contribution in [2.24, 2.45) is 17.1 Å². The van der Waals surface area contributed by atoms with Gasteiger partial charge in [0.15, 0.2) is 0 Å². The highest BCUT2D eigenvalue weighted by Crippen LogP contribution is 2.40. The SMILES string of the molecule is CC(C)(C)C(COC(N)=O)Oc1cccc(C(c2ccccc2)C2CCN(C(=O)N3CC[C@@H]4OCC(=O)N[C@@H]4C3)CC2)c1. The predicted octanol–water partition coefficient (Wildman–Crippen LogP) is 4.13. The summed E-state index contributed by atoms with van der Waals surface area (Å²) < 4.78 is 17.1. The van der Waals surface area contributed by atoms with Crippen molar-refractivity contribution in [2.45, 2.75) is 64.2 Å². The van der Waals surface area contributed by atoms with Crippen LogP contribution in [0.3, 0.4) is 0 Å². The Bertz CT molecular complexity index is 1270. The van der Waals surface area contributed by atoms with Gasteiger partial charge in [-0.25, -0.2) is 9.59 Å². The van der Waals surface area contributed by atoms with Crippen molar-refractivity contribution in [3.05, 3.63) is 65.7 Å². The predicted molar refractivity (Wildman–Crippen MR) is 162 cm³/mol. The monoisotopic (exact) mass is 592 g/mol. The van der Waals surface area contributed by atoms with Gasteiger partial charge in [0.25, 0.3) is 0 Å². The number of hydrogen-bond donors (Lipinski definition) is 2. The van der Waals surface area contributed by atoms with Crippen LogP contribution in [0.1, 0.15) is 57.1 Å². The van der Waals surface area contributed by atoms with Gasteiger partial charge in [0.05, 0.1) is 12.1 Å². The summed E-state index contributed by atoms with van der Waals surface area (Å²) in [6.07, 6.45) is 1.25. The molecule has 0 aliphatic carbocycles. The molecule has 0 spiro atoms. The van der Waals surface area contributed by atoms with Gasteiger partial charge in [0.1, 0.15) is 25.1 Å². The highest BCUT2D eigenvalue weighted by molar-refractivity contribution is 5.79. The van der Waals surface area contributed by atoms with Crippen molar-refractivity contribution in [3.63, 3.8) is 0 Å². The van der Waals surface area contributed by atoms with E-state index >= 15 is 0 Å². The first kappa shape index (κ1) is 30.7. The molecule has 10 nitrogen and oxygen atoms in total. The van der Waals surface area contributed by atoms with Crippen LogP contribution >= 0.6 is 0 Å². The molecule has 2 unspecified atom stereocenters. The summed E-state index contributed by atoms with van der Waals surface area (Å²) in [6, 6.07) is 18.5. The Balaban J connectivity index is 1.28. The Hall–Kier alpha value is -3.79. The van der Waals surface area contributed by atoms with E-state index in [2.05, 4.69) is 41.7 Å². The Morgan fingerprint density at radius 3 is 2.40 bits per heavy atom. The summed E-state index contributed by atoms with van der Waals surface area (Å²) in [5.74, 6) is 1.05. The highest BCUT2D eigenvalue weighted by Gasteiger charge is 2.39. The summed E-state index contributed by atoms with van der Waals surface area (Å²) >= 11 is 0. The molecule has 2 aromatic carbocycles. The molecular weight excluding hydrogens is 548 g/mol. The Morgan fingerprint density at radius 2 is 1.70 bits per heavy atom. The number of fused-ring (bicyclic) bond motifs is 1. The fourth-order valence-electron chi connectivity index (χ4n) is 6.46. The summed E-state index contributed by atoms with van der Waals surface area (Å²) in [5.41, 5.74) is 7.31. The number of amides is 4. The number of carbonyl (C=O) groups is 3. The van der Waals surface area contributed by atoms with E-state index in [9.17, 15) is 14.4 Å². The minimum atomic E-state index is -0.820. The number of primary amides is 1. The van der Waals surface area contributed by atoms with Crippen molar-refractivity contribution < 1.29 is 28.6 Å². The van der Waals surface area contributed by atoms with Gasteiger partial charge in [0, 0.05) is 37.5 Å². The second kappa shape index (κ2) is 13.2. The van der Waals surface area contributed by atoms with Gasteiger partial charge in [0.2, 0.25) is 5.91 Å². The molecule has 3 aliphatic heterocycles. The molecule has 3 N–H and O–H groups in total. The number of likely N-dealkylation sites (tertiary alicyclic amines) is 2. The van der Waals surface area contributed by atoms with Crippen molar-refractivity contribution in [1.29, 1.82) is 0 Å². The number of ether oxygens (including phenoxy) is 3. The number of nitrogens with zero attached hydrogens (tertiary/aromatic N) is 2. The first-order valence-corrected chi connectivity index (χ1v) is 15.3. The van der Waals surface area contributed by atoms with Crippen LogP contribution < -0.4 is 15.8 Å². The lowest BCUT2D eigenvalue weighted by Gasteiger charge is -2.44. The zero-order valence-corrected chi connectivity index (χ0v) is 25.4. The Morgan fingerprint density at radius 1 is 1.00 bits per heavy atom. The number of piperidine rings is 2. The van der Waals surface area contributed by atoms with Crippen molar-refractivity contribution >= 4 is 18.0 Å². The van der Waals surface area contributed by atoms with Crippen LogP contribution in [-0.4, -0.2) is 85.5 Å². The van der Waals surface area contributed by atoms with Crippen LogP contribution in [0.15, 0.2) is 54.6 Å². The van der Waals surface area contributed by atoms with Gasteiger partial charge < -0.3 is 35.1 Å². The maximum atomic E-state index is 13.5. The molecule has 2 aromatic rings. The fourth-order valence-corrected chi connectivity index (χ4v) is 6.46. The first-order valence-electron chi connectivity index (χ1n) is 15.3. The van der Waals surface area contributed by atoms with E-state index in [0.29, 0.717) is 37.8 Å².